The highest BCUT2D eigenvalue weighted by atomic mass is 15.1. The van der Waals surface area contributed by atoms with Crippen LogP contribution in [0.2, 0.25) is 0 Å². The summed E-state index contributed by atoms with van der Waals surface area (Å²) in [6.45, 7) is 2.02. The van der Waals surface area contributed by atoms with Gasteiger partial charge in [-0.05, 0) is 31.2 Å². The summed E-state index contributed by atoms with van der Waals surface area (Å²) in [6, 6.07) is 18.0. The van der Waals surface area contributed by atoms with Crippen LogP contribution in [0.1, 0.15) is 5.69 Å². The van der Waals surface area contributed by atoms with Crippen LogP contribution in [0.15, 0.2) is 54.6 Å². The fourth-order valence-electron chi connectivity index (χ4n) is 2.67. The van der Waals surface area contributed by atoms with Gasteiger partial charge >= 0.3 is 0 Å². The summed E-state index contributed by atoms with van der Waals surface area (Å²) in [6.07, 6.45) is 0. The summed E-state index contributed by atoms with van der Waals surface area (Å²) < 4.78 is 1.95. The van der Waals surface area contributed by atoms with E-state index in [2.05, 4.69) is 9.97 Å². The Balaban J connectivity index is 2.00. The first-order valence-corrected chi connectivity index (χ1v) is 6.84. The van der Waals surface area contributed by atoms with E-state index >= 15 is 0 Å². The highest BCUT2D eigenvalue weighted by Crippen LogP contribution is 2.27. The number of aryl methyl sites for hydroxylation is 1. The molecule has 0 aliphatic rings. The second-order valence-corrected chi connectivity index (χ2v) is 5.10. The smallest absolute Gasteiger partial charge is 0.139 e. The highest BCUT2D eigenvalue weighted by molar-refractivity contribution is 5.83. The Morgan fingerprint density at radius 3 is 2.62 bits per heavy atom. The molecule has 0 atom stereocenters. The zero-order valence-electron chi connectivity index (χ0n) is 11.6. The number of hydrogen-bond acceptors (Lipinski definition) is 3. The van der Waals surface area contributed by atoms with Crippen molar-refractivity contribution in [3.63, 3.8) is 0 Å². The van der Waals surface area contributed by atoms with Crippen molar-refractivity contribution in [1.82, 2.24) is 14.4 Å². The molecule has 0 saturated carbocycles. The number of benzene rings is 1. The van der Waals surface area contributed by atoms with E-state index in [1.165, 1.54) is 0 Å². The van der Waals surface area contributed by atoms with Gasteiger partial charge < -0.3 is 5.73 Å². The van der Waals surface area contributed by atoms with Gasteiger partial charge in [0.2, 0.25) is 0 Å². The van der Waals surface area contributed by atoms with Crippen LogP contribution in [0.25, 0.3) is 27.9 Å². The lowest BCUT2D eigenvalue weighted by Gasteiger charge is -2.03. The molecule has 0 unspecified atom stereocenters. The van der Waals surface area contributed by atoms with Crippen molar-refractivity contribution in [2.75, 3.05) is 5.73 Å². The zero-order chi connectivity index (χ0) is 14.4. The van der Waals surface area contributed by atoms with Crippen LogP contribution in [0, 0.1) is 6.92 Å². The normalized spacial score (nSPS) is 11.3. The lowest BCUT2D eigenvalue weighted by molar-refractivity contribution is 1.10. The largest absolute Gasteiger partial charge is 0.383 e. The molecular formula is C17H14N4. The number of hydrogen-bond donors (Lipinski definition) is 1. The van der Waals surface area contributed by atoms with Crippen LogP contribution in [-0.4, -0.2) is 14.4 Å². The lowest BCUT2D eigenvalue weighted by atomic mass is 10.2. The molecule has 4 rings (SSSR count). The van der Waals surface area contributed by atoms with E-state index < -0.39 is 0 Å². The number of para-hydroxylation sites is 1. The molecule has 0 amide bonds. The standard InChI is InChI=1S/C17H14N4/c1-11-5-4-8-15-20-16(17(18)21(11)15)14-10-9-12-6-2-3-7-13(12)19-14/h2-10H,18H2,1H3. The van der Waals surface area contributed by atoms with E-state index in [0.717, 1.165) is 33.6 Å². The number of imidazole rings is 1. The van der Waals surface area contributed by atoms with Gasteiger partial charge in [0.05, 0.1) is 11.2 Å². The quantitative estimate of drug-likeness (QED) is 0.578. The third kappa shape index (κ3) is 1.76. The SMILES string of the molecule is Cc1cccc2nc(-c3ccc4ccccc4n3)c(N)n12. The number of pyridine rings is 2. The molecule has 2 N–H and O–H groups in total. The first-order valence-electron chi connectivity index (χ1n) is 6.84. The summed E-state index contributed by atoms with van der Waals surface area (Å²) in [5.74, 6) is 0.630. The fraction of sp³-hybridized carbons (Fsp3) is 0.0588. The molecule has 21 heavy (non-hydrogen) atoms. The average molecular weight is 274 g/mol. The van der Waals surface area contributed by atoms with E-state index in [4.69, 9.17) is 5.73 Å². The Labute approximate surface area is 121 Å². The summed E-state index contributed by atoms with van der Waals surface area (Å²) in [7, 11) is 0. The number of rotatable bonds is 1. The van der Waals surface area contributed by atoms with Gasteiger partial charge in [0.15, 0.2) is 0 Å². The Morgan fingerprint density at radius 1 is 0.905 bits per heavy atom. The third-order valence-corrected chi connectivity index (χ3v) is 3.72. The van der Waals surface area contributed by atoms with E-state index in [0.29, 0.717) is 5.82 Å². The second-order valence-electron chi connectivity index (χ2n) is 5.10. The molecular weight excluding hydrogens is 260 g/mol. The van der Waals surface area contributed by atoms with Crippen LogP contribution >= 0.6 is 0 Å². The summed E-state index contributed by atoms with van der Waals surface area (Å²) in [5.41, 5.74) is 10.7. The van der Waals surface area contributed by atoms with Crippen LogP contribution in [0.4, 0.5) is 5.82 Å². The first-order chi connectivity index (χ1) is 10.2. The van der Waals surface area contributed by atoms with E-state index in [-0.39, 0.29) is 0 Å². The number of nitrogens with zero attached hydrogens (tertiary/aromatic N) is 3. The molecule has 4 heteroatoms. The number of anilines is 1. The predicted molar refractivity (Wildman–Crippen MR) is 85.1 cm³/mol. The minimum absolute atomic E-state index is 0.630. The van der Waals surface area contributed by atoms with Gasteiger partial charge in [-0.3, -0.25) is 4.40 Å². The predicted octanol–water partition coefficient (Wildman–Crippen LogP) is 3.44. The van der Waals surface area contributed by atoms with Crippen LogP contribution < -0.4 is 5.73 Å². The van der Waals surface area contributed by atoms with E-state index in [1.807, 2.05) is 65.9 Å². The number of aromatic nitrogens is 3. The first kappa shape index (κ1) is 11.9. The van der Waals surface area contributed by atoms with Gasteiger partial charge in [-0.1, -0.05) is 30.3 Å². The number of fused-ring (bicyclic) bond motifs is 2. The highest BCUT2D eigenvalue weighted by Gasteiger charge is 2.13. The van der Waals surface area contributed by atoms with Crippen molar-refractivity contribution >= 4 is 22.4 Å². The van der Waals surface area contributed by atoms with Gasteiger partial charge in [0, 0.05) is 11.1 Å². The molecule has 1 aromatic carbocycles. The number of nitrogen functional groups attached to an aromatic ring is 1. The Morgan fingerprint density at radius 2 is 1.76 bits per heavy atom. The van der Waals surface area contributed by atoms with E-state index in [1.54, 1.807) is 0 Å². The monoisotopic (exact) mass is 274 g/mol. The molecule has 0 fully saturated rings. The van der Waals surface area contributed by atoms with Crippen molar-refractivity contribution in [3.05, 3.63) is 60.3 Å². The molecule has 0 aliphatic heterocycles. The third-order valence-electron chi connectivity index (χ3n) is 3.72. The van der Waals surface area contributed by atoms with Crippen molar-refractivity contribution in [3.8, 4) is 11.4 Å². The van der Waals surface area contributed by atoms with Crippen molar-refractivity contribution in [2.24, 2.45) is 0 Å². The van der Waals surface area contributed by atoms with Gasteiger partial charge in [-0.15, -0.1) is 0 Å². The van der Waals surface area contributed by atoms with Crippen molar-refractivity contribution < 1.29 is 0 Å². The number of nitrogens with two attached hydrogens (primary N) is 1. The molecule has 3 heterocycles. The topological polar surface area (TPSA) is 56.2 Å². The maximum absolute atomic E-state index is 6.28. The molecule has 0 aliphatic carbocycles. The Bertz CT molecular complexity index is 969. The summed E-state index contributed by atoms with van der Waals surface area (Å²) in [4.78, 5) is 9.30. The Hall–Kier alpha value is -2.88. The molecule has 4 nitrogen and oxygen atoms in total. The van der Waals surface area contributed by atoms with Gasteiger partial charge in [-0.2, -0.15) is 0 Å². The van der Waals surface area contributed by atoms with Crippen molar-refractivity contribution in [2.45, 2.75) is 6.92 Å². The van der Waals surface area contributed by atoms with Crippen LogP contribution in [0.5, 0.6) is 0 Å². The molecule has 102 valence electrons. The zero-order valence-corrected chi connectivity index (χ0v) is 11.6. The minimum Gasteiger partial charge on any atom is -0.383 e. The van der Waals surface area contributed by atoms with Crippen LogP contribution in [0.3, 0.4) is 0 Å². The molecule has 0 radical (unpaired) electrons. The Kier molecular flexibility index (Phi) is 2.44. The van der Waals surface area contributed by atoms with Gasteiger partial charge in [0.1, 0.15) is 17.2 Å². The molecule has 0 spiro atoms. The maximum Gasteiger partial charge on any atom is 0.139 e. The average Bonchev–Trinajstić information content (AvgIpc) is 2.85. The van der Waals surface area contributed by atoms with Gasteiger partial charge in [-0.25, -0.2) is 9.97 Å². The van der Waals surface area contributed by atoms with Gasteiger partial charge in [0.25, 0.3) is 0 Å². The maximum atomic E-state index is 6.28. The van der Waals surface area contributed by atoms with E-state index in [9.17, 15) is 0 Å². The molecule has 0 bridgehead atoms. The minimum atomic E-state index is 0.630. The fourth-order valence-corrected chi connectivity index (χ4v) is 2.67. The molecule has 0 saturated heterocycles. The summed E-state index contributed by atoms with van der Waals surface area (Å²) in [5, 5.41) is 1.11. The van der Waals surface area contributed by atoms with Crippen molar-refractivity contribution in [1.29, 1.82) is 0 Å². The van der Waals surface area contributed by atoms with Crippen LogP contribution in [-0.2, 0) is 0 Å². The molecule has 4 aromatic rings. The summed E-state index contributed by atoms with van der Waals surface area (Å²) >= 11 is 0. The lowest BCUT2D eigenvalue weighted by Crippen LogP contribution is -1.97. The second kappa shape index (κ2) is 4.31. The molecule has 3 aromatic heterocycles.